The molecule has 0 aliphatic carbocycles. The lowest BCUT2D eigenvalue weighted by atomic mass is 10.1. The van der Waals surface area contributed by atoms with E-state index in [0.29, 0.717) is 31.1 Å². The van der Waals surface area contributed by atoms with Crippen molar-refractivity contribution in [2.75, 3.05) is 31.5 Å². The highest BCUT2D eigenvalue weighted by atomic mass is 32.2. The van der Waals surface area contributed by atoms with Crippen molar-refractivity contribution >= 4 is 21.6 Å². The molecule has 2 aromatic carbocycles. The highest BCUT2D eigenvalue weighted by molar-refractivity contribution is 7.89. The zero-order valence-electron chi connectivity index (χ0n) is 18.4. The average molecular weight is 430 g/mol. The average Bonchev–Trinajstić information content (AvgIpc) is 2.72. The molecule has 0 spiro atoms. The molecule has 6 nitrogen and oxygen atoms in total. The summed E-state index contributed by atoms with van der Waals surface area (Å²) >= 11 is 0. The summed E-state index contributed by atoms with van der Waals surface area (Å²) in [6, 6.07) is 10.9. The Morgan fingerprint density at radius 1 is 0.900 bits per heavy atom. The number of aryl methyl sites for hydroxylation is 4. The Hall–Kier alpha value is -2.22. The van der Waals surface area contributed by atoms with E-state index < -0.39 is 10.0 Å². The molecular formula is C23H31N3O3S. The van der Waals surface area contributed by atoms with E-state index in [1.54, 1.807) is 12.1 Å². The van der Waals surface area contributed by atoms with Gasteiger partial charge in [-0.2, -0.15) is 4.31 Å². The van der Waals surface area contributed by atoms with Crippen molar-refractivity contribution in [3.63, 3.8) is 0 Å². The van der Waals surface area contributed by atoms with Gasteiger partial charge in [0, 0.05) is 31.9 Å². The van der Waals surface area contributed by atoms with E-state index in [2.05, 4.69) is 5.32 Å². The third-order valence-electron chi connectivity index (χ3n) is 5.97. The van der Waals surface area contributed by atoms with Gasteiger partial charge in [-0.25, -0.2) is 8.42 Å². The molecule has 1 N–H and O–H groups in total. The van der Waals surface area contributed by atoms with Crippen LogP contribution in [0.4, 0.5) is 5.69 Å². The second kappa shape index (κ2) is 8.88. The largest absolute Gasteiger partial charge is 0.324 e. The lowest BCUT2D eigenvalue weighted by molar-refractivity contribution is -0.121. The molecule has 0 saturated carbocycles. The summed E-state index contributed by atoms with van der Waals surface area (Å²) in [5, 5.41) is 3.01. The van der Waals surface area contributed by atoms with Crippen LogP contribution in [0.15, 0.2) is 41.3 Å². The molecule has 1 aliphatic heterocycles. The minimum atomic E-state index is -3.52. The molecule has 7 heteroatoms. The van der Waals surface area contributed by atoms with Gasteiger partial charge in [0.15, 0.2) is 0 Å². The van der Waals surface area contributed by atoms with E-state index in [9.17, 15) is 13.2 Å². The minimum absolute atomic E-state index is 0.0748. The Kier molecular flexibility index (Phi) is 6.65. The zero-order chi connectivity index (χ0) is 22.1. The number of carbonyl (C=O) groups is 1. The van der Waals surface area contributed by atoms with Crippen LogP contribution in [0.2, 0.25) is 0 Å². The molecule has 1 fully saturated rings. The van der Waals surface area contributed by atoms with Crippen molar-refractivity contribution in [3.05, 3.63) is 58.7 Å². The zero-order valence-corrected chi connectivity index (χ0v) is 19.2. The maximum absolute atomic E-state index is 13.0. The number of sulfonamides is 1. The third kappa shape index (κ3) is 4.74. The Labute approximate surface area is 179 Å². The molecule has 162 valence electrons. The number of carbonyl (C=O) groups excluding carboxylic acids is 1. The van der Waals surface area contributed by atoms with Crippen molar-refractivity contribution in [1.29, 1.82) is 0 Å². The van der Waals surface area contributed by atoms with Crippen LogP contribution in [-0.2, 0) is 14.8 Å². The first-order valence-corrected chi connectivity index (χ1v) is 11.7. The van der Waals surface area contributed by atoms with Gasteiger partial charge in [-0.15, -0.1) is 0 Å². The molecule has 0 bridgehead atoms. The van der Waals surface area contributed by atoms with E-state index in [1.807, 2.05) is 63.8 Å². The lowest BCUT2D eigenvalue weighted by Crippen LogP contribution is -2.53. The van der Waals surface area contributed by atoms with Gasteiger partial charge in [-0.3, -0.25) is 9.69 Å². The third-order valence-corrected chi connectivity index (χ3v) is 7.86. The van der Waals surface area contributed by atoms with E-state index in [1.165, 1.54) is 4.31 Å². The molecule has 0 radical (unpaired) electrons. The first-order valence-electron chi connectivity index (χ1n) is 10.3. The van der Waals surface area contributed by atoms with Gasteiger partial charge < -0.3 is 5.32 Å². The van der Waals surface area contributed by atoms with Gasteiger partial charge in [-0.1, -0.05) is 18.2 Å². The monoisotopic (exact) mass is 429 g/mol. The Morgan fingerprint density at radius 3 is 2.17 bits per heavy atom. The molecule has 2 aromatic rings. The first kappa shape index (κ1) is 22.5. The molecule has 3 rings (SSSR count). The van der Waals surface area contributed by atoms with E-state index in [0.717, 1.165) is 27.9 Å². The Bertz CT molecular complexity index is 1040. The van der Waals surface area contributed by atoms with Crippen LogP contribution < -0.4 is 5.32 Å². The summed E-state index contributed by atoms with van der Waals surface area (Å²) < 4.78 is 27.5. The summed E-state index contributed by atoms with van der Waals surface area (Å²) in [5.41, 5.74) is 4.97. The molecule has 0 aromatic heterocycles. The summed E-state index contributed by atoms with van der Waals surface area (Å²) in [4.78, 5) is 15.1. The van der Waals surface area contributed by atoms with Crippen LogP contribution in [0.1, 0.15) is 29.2 Å². The van der Waals surface area contributed by atoms with Crippen LogP contribution in [0.25, 0.3) is 0 Å². The molecule has 1 saturated heterocycles. The number of nitrogens with one attached hydrogen (secondary N) is 1. The second-order valence-electron chi connectivity index (χ2n) is 8.17. The molecule has 30 heavy (non-hydrogen) atoms. The Balaban J connectivity index is 1.63. The number of piperazine rings is 1. The van der Waals surface area contributed by atoms with Crippen molar-refractivity contribution in [3.8, 4) is 0 Å². The summed E-state index contributed by atoms with van der Waals surface area (Å²) in [5.74, 6) is -0.0748. The fraction of sp³-hybridized carbons (Fsp3) is 0.435. The first-order chi connectivity index (χ1) is 14.1. The van der Waals surface area contributed by atoms with Crippen molar-refractivity contribution in [2.45, 2.75) is 45.6 Å². The SMILES string of the molecule is Cc1ccc(C)c(NC(=O)[C@@H](C)N2CCN(S(=O)(=O)c3ccc(C)c(C)c3)CC2)c1. The summed E-state index contributed by atoms with van der Waals surface area (Å²) in [6.07, 6.45) is 0. The number of hydrogen-bond donors (Lipinski definition) is 1. The second-order valence-corrected chi connectivity index (χ2v) is 10.1. The summed E-state index contributed by atoms with van der Waals surface area (Å²) in [7, 11) is -3.52. The lowest BCUT2D eigenvalue weighted by Gasteiger charge is -2.36. The van der Waals surface area contributed by atoms with Gasteiger partial charge in [0.05, 0.1) is 10.9 Å². The number of benzene rings is 2. The molecule has 1 heterocycles. The Morgan fingerprint density at radius 2 is 1.53 bits per heavy atom. The quantitative estimate of drug-likeness (QED) is 0.792. The molecule has 1 aliphatic rings. The normalized spacial score (nSPS) is 17.0. The van der Waals surface area contributed by atoms with Crippen molar-refractivity contribution in [1.82, 2.24) is 9.21 Å². The number of amides is 1. The van der Waals surface area contributed by atoms with Crippen LogP contribution in [0.3, 0.4) is 0 Å². The number of rotatable bonds is 5. The fourth-order valence-corrected chi connectivity index (χ4v) is 5.14. The van der Waals surface area contributed by atoms with Gasteiger partial charge >= 0.3 is 0 Å². The van der Waals surface area contributed by atoms with Gasteiger partial charge in [-0.05, 0) is 75.1 Å². The standard InChI is InChI=1S/C23H31N3O3S/c1-16-6-7-18(3)22(14-16)24-23(27)20(5)25-10-12-26(13-11-25)30(28,29)21-9-8-17(2)19(4)15-21/h6-9,14-15,20H,10-13H2,1-5H3,(H,24,27)/t20-/m1/s1. The number of anilines is 1. The van der Waals surface area contributed by atoms with Gasteiger partial charge in [0.1, 0.15) is 0 Å². The van der Waals surface area contributed by atoms with Crippen LogP contribution in [0, 0.1) is 27.7 Å². The molecule has 1 amide bonds. The predicted octanol–water partition coefficient (Wildman–Crippen LogP) is 3.25. The summed E-state index contributed by atoms with van der Waals surface area (Å²) in [6.45, 7) is 11.5. The van der Waals surface area contributed by atoms with Crippen LogP contribution >= 0.6 is 0 Å². The maximum Gasteiger partial charge on any atom is 0.243 e. The predicted molar refractivity (Wildman–Crippen MR) is 120 cm³/mol. The van der Waals surface area contributed by atoms with E-state index in [-0.39, 0.29) is 11.9 Å². The maximum atomic E-state index is 13.0. The molecular weight excluding hydrogens is 398 g/mol. The van der Waals surface area contributed by atoms with Crippen molar-refractivity contribution < 1.29 is 13.2 Å². The van der Waals surface area contributed by atoms with E-state index >= 15 is 0 Å². The number of hydrogen-bond acceptors (Lipinski definition) is 4. The van der Waals surface area contributed by atoms with Gasteiger partial charge in [0.2, 0.25) is 15.9 Å². The van der Waals surface area contributed by atoms with E-state index in [4.69, 9.17) is 0 Å². The van der Waals surface area contributed by atoms with Crippen LogP contribution in [-0.4, -0.2) is 55.8 Å². The number of nitrogens with zero attached hydrogens (tertiary/aromatic N) is 2. The smallest absolute Gasteiger partial charge is 0.243 e. The fourth-order valence-electron chi connectivity index (χ4n) is 3.63. The highest BCUT2D eigenvalue weighted by Gasteiger charge is 2.32. The topological polar surface area (TPSA) is 69.7 Å². The minimum Gasteiger partial charge on any atom is -0.324 e. The highest BCUT2D eigenvalue weighted by Crippen LogP contribution is 2.22. The molecule has 1 atom stereocenters. The molecule has 0 unspecified atom stereocenters. The van der Waals surface area contributed by atoms with Crippen LogP contribution in [0.5, 0.6) is 0 Å². The van der Waals surface area contributed by atoms with Gasteiger partial charge in [0.25, 0.3) is 0 Å². The van der Waals surface area contributed by atoms with Crippen molar-refractivity contribution in [2.24, 2.45) is 0 Å².